The molecular formula is C64H83FN21O40P5. The minimum absolute atomic E-state index is 0.0272. The highest BCUT2D eigenvalue weighted by Gasteiger charge is 2.59. The number of nitrogens with two attached hydrogens (primary N) is 3. The van der Waals surface area contributed by atoms with Crippen molar-refractivity contribution in [2.45, 2.75) is 161 Å². The van der Waals surface area contributed by atoms with E-state index >= 15 is 4.39 Å². The van der Waals surface area contributed by atoms with E-state index in [1.165, 1.54) is 25.7 Å². The summed E-state index contributed by atoms with van der Waals surface area (Å²) in [4.78, 5) is 200. The predicted molar refractivity (Wildman–Crippen MR) is 426 cm³/mol. The van der Waals surface area contributed by atoms with Crippen molar-refractivity contribution in [1.82, 2.24) is 87.2 Å². The second-order valence-electron chi connectivity index (χ2n) is 29.3. The number of alkyl halides is 1. The minimum atomic E-state index is -5.91. The summed E-state index contributed by atoms with van der Waals surface area (Å²) < 4.78 is 222. The molecule has 6 fully saturated rings. The van der Waals surface area contributed by atoms with Crippen molar-refractivity contribution >= 4 is 90.3 Å². The van der Waals surface area contributed by atoms with Gasteiger partial charge in [0.25, 0.3) is 27.8 Å². The zero-order chi connectivity index (χ0) is 94.0. The first-order valence-corrected chi connectivity index (χ1v) is 46.0. The number of aromatic amines is 5. The molecule has 11 unspecified atom stereocenters. The average Bonchev–Trinajstić information content (AvgIpc) is 1.62. The van der Waals surface area contributed by atoms with Crippen LogP contribution in [-0.2, 0) is 125 Å². The van der Waals surface area contributed by atoms with Crippen molar-refractivity contribution in [1.29, 1.82) is 0 Å². The van der Waals surface area contributed by atoms with Crippen molar-refractivity contribution in [2.24, 2.45) is 0 Å². The first-order valence-electron chi connectivity index (χ1n) is 38.5. The monoisotopic (exact) mass is 1960 g/mol. The Kier molecular flexibility index (Phi) is 28.4. The standard InChI is InChI=1S/C64H83FN21O40P5/c1-8-24-37(33(65)54(116-24)81-12-9-30(87)74-62(81)92)122-127(95,96)112-17-28-41(46(109-6)58(120-28)85-22-72-35-50(85)77-60(67)79-52(35)90)125-131(103,104)115-19-29-42(47(110-7)59(121-29)86-23-73-36-51(86)78-61(68)80-53(36)91)126-130(101,102)114-18-27-40(45(108-5)57(119-27)84-21-71-34-48(66)69-20-70-49(34)84)124-129(99,100)113-16-26-39(44(107-4)56(118-26)83-14-11-32(89)76-64(83)94)123-128(97,98)111-15-25-38(105-2)43(106-3)55(117-25)82-13-10-31(88)75-63(82)93/h9-14,20-29,33,37-47,54-59H,8,15-19H2,1-7H3,(H,95,96)(H,97,98)(H,99,100)(H,101,102)(H,103,104)(H2,66,69,70)(H,74,87,92)(H,75,88,93)(H,76,89,94)(H3,67,77,79,90)(H3,68,78,80,91)/t24-,25-,26-,27-,28-,29-,33+,37?,38?,39?,40?,41?,42?,43+,44+,45+,46+,47+,54-,55-,56-,57-,58-,59-/m1/s1. The Morgan fingerprint density at radius 1 is 0.366 bits per heavy atom. The third-order valence-electron chi connectivity index (χ3n) is 21.5. The molecule has 29 atom stereocenters. The van der Waals surface area contributed by atoms with Crippen molar-refractivity contribution < 1.29 is 154 Å². The van der Waals surface area contributed by atoms with E-state index < -0.39 is 276 Å². The number of halogens is 1. The van der Waals surface area contributed by atoms with E-state index in [-0.39, 0.29) is 45.7 Å². The number of ether oxygens (including phenoxy) is 12. The molecule has 0 bridgehead atoms. The summed E-state index contributed by atoms with van der Waals surface area (Å²) in [6.07, 6.45) is -35.2. The smallest absolute Gasteiger partial charge is 0.382 e. The number of nitrogens with one attached hydrogen (secondary N) is 5. The van der Waals surface area contributed by atoms with Gasteiger partial charge in [0, 0.05) is 79.4 Å². The van der Waals surface area contributed by atoms with Crippen LogP contribution in [0.4, 0.5) is 22.1 Å². The van der Waals surface area contributed by atoms with Crippen LogP contribution in [-0.4, -0.2) is 297 Å². The second-order valence-corrected chi connectivity index (χ2v) is 36.3. The van der Waals surface area contributed by atoms with Gasteiger partial charge >= 0.3 is 56.2 Å². The van der Waals surface area contributed by atoms with E-state index in [4.69, 9.17) is 119 Å². The van der Waals surface area contributed by atoms with Gasteiger partial charge in [0.1, 0.15) is 110 Å². The lowest BCUT2D eigenvalue weighted by Crippen LogP contribution is -2.40. The predicted octanol–water partition coefficient (Wildman–Crippen LogP) is -3.78. The Morgan fingerprint density at radius 2 is 0.649 bits per heavy atom. The van der Waals surface area contributed by atoms with Crippen LogP contribution >= 0.6 is 39.1 Å². The highest BCUT2D eigenvalue weighted by Crippen LogP contribution is 2.58. The molecule has 0 aromatic carbocycles. The quantitative estimate of drug-likeness (QED) is 0.0165. The van der Waals surface area contributed by atoms with Crippen LogP contribution in [0.5, 0.6) is 0 Å². The highest BCUT2D eigenvalue weighted by molar-refractivity contribution is 7.48. The molecule has 0 amide bonds. The molecule has 9 aromatic rings. The van der Waals surface area contributed by atoms with E-state index in [0.717, 1.165) is 109 Å². The molecule has 131 heavy (non-hydrogen) atoms. The second kappa shape index (κ2) is 38.6. The maximum absolute atomic E-state index is 16.4. The third kappa shape index (κ3) is 20.0. The van der Waals surface area contributed by atoms with Crippen LogP contribution in [0.3, 0.4) is 0 Å². The molecular weight excluding hydrogens is 1880 g/mol. The summed E-state index contributed by atoms with van der Waals surface area (Å²) in [7, 11) is -22.1. The van der Waals surface area contributed by atoms with Crippen LogP contribution in [0, 0.1) is 0 Å². The lowest BCUT2D eigenvalue weighted by molar-refractivity contribution is -0.0679. The van der Waals surface area contributed by atoms with E-state index in [2.05, 4.69) is 49.8 Å². The summed E-state index contributed by atoms with van der Waals surface area (Å²) >= 11 is 0. The number of aromatic nitrogens is 18. The van der Waals surface area contributed by atoms with Gasteiger partial charge in [-0.25, -0.2) is 66.5 Å². The zero-order valence-corrected chi connectivity index (χ0v) is 73.0. The first kappa shape index (κ1) is 96.3. The molecule has 716 valence electrons. The lowest BCUT2D eigenvalue weighted by atomic mass is 10.1. The van der Waals surface area contributed by atoms with Gasteiger partial charge in [-0.15, -0.1) is 0 Å². The van der Waals surface area contributed by atoms with Crippen LogP contribution in [0.1, 0.15) is 50.7 Å². The van der Waals surface area contributed by atoms with Crippen LogP contribution < -0.4 is 62.1 Å². The Morgan fingerprint density at radius 3 is 0.969 bits per heavy atom. The van der Waals surface area contributed by atoms with E-state index in [1.807, 2.05) is 9.97 Å². The molecule has 6 saturated heterocycles. The molecule has 0 radical (unpaired) electrons. The highest BCUT2D eigenvalue weighted by atomic mass is 31.2. The van der Waals surface area contributed by atoms with Gasteiger partial charge in [0.15, 0.2) is 77.3 Å². The molecule has 15 heterocycles. The van der Waals surface area contributed by atoms with E-state index in [1.54, 1.807) is 0 Å². The SMILES string of the molecule is CC[C@H]1O[C@@H](n2ccc(=O)[nH]c2=O)[C@@H](F)C1OP(=O)(O)OC[C@H]1O[C@@H](n2cnc3c(=O)[nH]c(N)nc32)[C@@H](OC)C1OP(=O)(O)OC[C@H]1O[C@@H](n2cnc3c(=O)[nH]c(N)nc32)[C@@H](OC)C1OP(=O)(O)OC[C@H]1O[C@@H](n2cnc3c(N)ncnc32)[C@@H](OC)C1OP(=O)(O)OC[C@H]1O[C@@H](n2ccc(=O)[nH]c2=O)[C@@H](OC)C1OP(=O)(O)OC[C@H]1O[C@@H](n2ccc(=O)[nH]c2=O)[C@@H](OC)C1OC. The van der Waals surface area contributed by atoms with Crippen molar-refractivity contribution in [3.8, 4) is 0 Å². The van der Waals surface area contributed by atoms with E-state index in [0.29, 0.717) is 4.57 Å². The molecule has 6 aliphatic heterocycles. The topological polar surface area (TPSA) is 803 Å². The van der Waals surface area contributed by atoms with Gasteiger partial charge in [-0.1, -0.05) is 6.92 Å². The molecule has 0 spiro atoms. The van der Waals surface area contributed by atoms with E-state index in [9.17, 15) is 85.6 Å². The van der Waals surface area contributed by atoms with Crippen molar-refractivity contribution in [3.05, 3.63) is 145 Å². The molecule has 6 aliphatic rings. The third-order valence-corrected chi connectivity index (χ3v) is 26.4. The number of hydrogen-bond acceptors (Lipinski definition) is 45. The molecule has 16 N–H and O–H groups in total. The van der Waals surface area contributed by atoms with Gasteiger partial charge < -0.3 is 98.5 Å². The summed E-state index contributed by atoms with van der Waals surface area (Å²) in [6, 6.07) is 2.79. The fourth-order valence-corrected chi connectivity index (χ4v) is 20.5. The van der Waals surface area contributed by atoms with Gasteiger partial charge in [-0.05, 0) is 6.42 Å². The lowest BCUT2D eigenvalue weighted by Gasteiger charge is -2.28. The number of methoxy groups -OCH3 is 6. The fourth-order valence-electron chi connectivity index (χ4n) is 15.7. The Hall–Kier alpha value is -9.31. The van der Waals surface area contributed by atoms with Crippen LogP contribution in [0.25, 0.3) is 33.5 Å². The fraction of sp³-hybridized carbons (Fsp3) is 0.578. The Balaban J connectivity index is 0.689. The molecule has 0 saturated carbocycles. The number of H-pyrrole nitrogens is 5. The van der Waals surface area contributed by atoms with Gasteiger partial charge in [0.05, 0.1) is 58.1 Å². The first-order chi connectivity index (χ1) is 62.2. The zero-order valence-electron chi connectivity index (χ0n) is 68.6. The van der Waals surface area contributed by atoms with Gasteiger partial charge in [-0.3, -0.25) is 122 Å². The molecule has 61 nitrogen and oxygen atoms in total. The maximum Gasteiger partial charge on any atom is 0.472 e. The Labute approximate surface area is 727 Å². The number of nitrogen functional groups attached to an aromatic ring is 3. The summed E-state index contributed by atoms with van der Waals surface area (Å²) in [6.45, 7) is -4.39. The van der Waals surface area contributed by atoms with Crippen molar-refractivity contribution in [3.63, 3.8) is 0 Å². The number of fused-ring (bicyclic) bond motifs is 3. The number of hydrogen-bond donors (Lipinski definition) is 13. The number of imidazole rings is 3. The largest absolute Gasteiger partial charge is 0.472 e. The molecule has 15 rings (SSSR count). The molecule has 67 heteroatoms. The summed E-state index contributed by atoms with van der Waals surface area (Å²) in [5.41, 5.74) is 9.22. The van der Waals surface area contributed by atoms with Gasteiger partial charge in [-0.2, -0.15) is 9.97 Å². The van der Waals surface area contributed by atoms with Crippen LogP contribution in [0.2, 0.25) is 0 Å². The average molecular weight is 1960 g/mol. The molecule has 9 aromatic heterocycles. The normalized spacial score (nSPS) is 31.6. The number of rotatable bonds is 38. The molecule has 0 aliphatic carbocycles. The van der Waals surface area contributed by atoms with Crippen LogP contribution in [0.15, 0.2) is 100 Å². The minimum Gasteiger partial charge on any atom is -0.382 e. The number of nitrogens with zero attached hydrogens (tertiary/aromatic N) is 13. The number of phosphoric ester groups is 5. The Bertz CT molecular complexity index is 6470. The summed E-state index contributed by atoms with van der Waals surface area (Å²) in [5.74, 6) is -1.07. The number of anilines is 3. The summed E-state index contributed by atoms with van der Waals surface area (Å²) in [5, 5.41) is 0. The van der Waals surface area contributed by atoms with Gasteiger partial charge in [0.2, 0.25) is 11.9 Å². The maximum atomic E-state index is 16.4. The number of phosphoric acid groups is 5. The van der Waals surface area contributed by atoms with Crippen molar-refractivity contribution in [2.75, 3.05) is 92.9 Å².